The average Bonchev–Trinajstić information content (AvgIpc) is 3.10. The summed E-state index contributed by atoms with van der Waals surface area (Å²) < 4.78 is 2.72. The molecule has 4 nitrogen and oxygen atoms in total. The average molecular weight is 292 g/mol. The van der Waals surface area contributed by atoms with Crippen LogP contribution in [0.3, 0.4) is 0 Å². The number of aromatic nitrogens is 3. The van der Waals surface area contributed by atoms with E-state index in [0.29, 0.717) is 11.6 Å². The van der Waals surface area contributed by atoms with Gasteiger partial charge in [0.05, 0.1) is 11.4 Å². The Morgan fingerprint density at radius 2 is 2.12 bits per heavy atom. The minimum absolute atomic E-state index is 0.428. The van der Waals surface area contributed by atoms with Crippen LogP contribution in [0, 0.1) is 0 Å². The van der Waals surface area contributed by atoms with Crippen molar-refractivity contribution in [3.8, 4) is 5.69 Å². The van der Waals surface area contributed by atoms with Gasteiger partial charge in [0.1, 0.15) is 5.69 Å². The molecule has 0 bridgehead atoms. The van der Waals surface area contributed by atoms with Crippen molar-refractivity contribution in [1.29, 1.82) is 0 Å². The van der Waals surface area contributed by atoms with E-state index in [0.717, 1.165) is 35.0 Å². The molecule has 0 radical (unpaired) electrons. The molecule has 2 aromatic rings. The van der Waals surface area contributed by atoms with Crippen LogP contribution in [0.25, 0.3) is 5.69 Å². The molecule has 0 saturated heterocycles. The molecule has 1 aromatic heterocycles. The molecule has 0 aliphatic heterocycles. The minimum Gasteiger partial charge on any atom is -0.296 e. The Labute approximate surface area is 107 Å². The molecule has 0 spiro atoms. The summed E-state index contributed by atoms with van der Waals surface area (Å²) in [6.07, 6.45) is 3.01. The summed E-state index contributed by atoms with van der Waals surface area (Å²) in [6, 6.07) is 7.80. The third kappa shape index (κ3) is 1.80. The SMILES string of the molecule is O=Cc1nnn(-c2ccccc2Br)c1C1CC1. The first-order valence-electron chi connectivity index (χ1n) is 5.47. The molecule has 17 heavy (non-hydrogen) atoms. The molecule has 1 aliphatic carbocycles. The molecule has 1 aromatic carbocycles. The molecule has 1 fully saturated rings. The Bertz CT molecular complexity index is 575. The zero-order valence-electron chi connectivity index (χ0n) is 9.01. The fourth-order valence-corrected chi connectivity index (χ4v) is 2.38. The quantitative estimate of drug-likeness (QED) is 0.817. The lowest BCUT2D eigenvalue weighted by molar-refractivity contribution is 0.111. The van der Waals surface area contributed by atoms with Crippen molar-refractivity contribution in [2.75, 3.05) is 0 Å². The largest absolute Gasteiger partial charge is 0.296 e. The summed E-state index contributed by atoms with van der Waals surface area (Å²) in [6.45, 7) is 0. The molecule has 1 heterocycles. The number of aldehydes is 1. The highest BCUT2D eigenvalue weighted by molar-refractivity contribution is 9.10. The van der Waals surface area contributed by atoms with Crippen molar-refractivity contribution in [2.45, 2.75) is 18.8 Å². The Balaban J connectivity index is 2.18. The number of halogens is 1. The number of hydrogen-bond acceptors (Lipinski definition) is 3. The summed E-state index contributed by atoms with van der Waals surface area (Å²) in [5, 5.41) is 8.02. The molecule has 86 valence electrons. The monoisotopic (exact) mass is 291 g/mol. The van der Waals surface area contributed by atoms with Crippen molar-refractivity contribution >= 4 is 22.2 Å². The third-order valence-corrected chi connectivity index (χ3v) is 3.56. The molecule has 0 amide bonds. The molecular weight excluding hydrogens is 282 g/mol. The maximum Gasteiger partial charge on any atom is 0.172 e. The summed E-state index contributed by atoms with van der Waals surface area (Å²) in [7, 11) is 0. The van der Waals surface area contributed by atoms with Crippen LogP contribution in [-0.4, -0.2) is 21.3 Å². The maximum atomic E-state index is 11.0. The van der Waals surface area contributed by atoms with Crippen LogP contribution < -0.4 is 0 Å². The van der Waals surface area contributed by atoms with Crippen LogP contribution in [0.5, 0.6) is 0 Å². The molecule has 1 aliphatic rings. The van der Waals surface area contributed by atoms with Gasteiger partial charge in [-0.1, -0.05) is 17.3 Å². The topological polar surface area (TPSA) is 47.8 Å². The smallest absolute Gasteiger partial charge is 0.172 e. The molecule has 3 rings (SSSR count). The summed E-state index contributed by atoms with van der Waals surface area (Å²) in [5.41, 5.74) is 2.32. The normalized spacial score (nSPS) is 14.9. The lowest BCUT2D eigenvalue weighted by Crippen LogP contribution is -2.03. The molecule has 1 saturated carbocycles. The van der Waals surface area contributed by atoms with E-state index in [-0.39, 0.29) is 0 Å². The number of carbonyl (C=O) groups is 1. The van der Waals surface area contributed by atoms with Gasteiger partial charge in [0, 0.05) is 10.4 Å². The van der Waals surface area contributed by atoms with Crippen molar-refractivity contribution in [3.05, 3.63) is 40.1 Å². The van der Waals surface area contributed by atoms with Crippen LogP contribution in [-0.2, 0) is 0 Å². The number of nitrogens with zero attached hydrogens (tertiary/aromatic N) is 3. The van der Waals surface area contributed by atoms with E-state index in [4.69, 9.17) is 0 Å². The van der Waals surface area contributed by atoms with E-state index in [1.165, 1.54) is 0 Å². The number of hydrogen-bond donors (Lipinski definition) is 0. The zero-order chi connectivity index (χ0) is 11.8. The van der Waals surface area contributed by atoms with Gasteiger partial charge in [0.25, 0.3) is 0 Å². The Morgan fingerprint density at radius 1 is 1.35 bits per heavy atom. The van der Waals surface area contributed by atoms with Gasteiger partial charge < -0.3 is 0 Å². The van der Waals surface area contributed by atoms with E-state index in [1.54, 1.807) is 4.68 Å². The fraction of sp³-hybridized carbons (Fsp3) is 0.250. The molecule has 5 heteroatoms. The molecule has 0 unspecified atom stereocenters. The van der Waals surface area contributed by atoms with E-state index in [9.17, 15) is 4.79 Å². The molecular formula is C12H10BrN3O. The Morgan fingerprint density at radius 3 is 2.76 bits per heavy atom. The summed E-state index contributed by atoms with van der Waals surface area (Å²) >= 11 is 3.49. The van der Waals surface area contributed by atoms with Crippen LogP contribution in [0.4, 0.5) is 0 Å². The lowest BCUT2D eigenvalue weighted by atomic mass is 10.2. The van der Waals surface area contributed by atoms with Gasteiger partial charge in [0.2, 0.25) is 0 Å². The van der Waals surface area contributed by atoms with Crippen LogP contribution >= 0.6 is 15.9 Å². The maximum absolute atomic E-state index is 11.0. The van der Waals surface area contributed by atoms with E-state index in [1.807, 2.05) is 24.3 Å². The van der Waals surface area contributed by atoms with E-state index >= 15 is 0 Å². The lowest BCUT2D eigenvalue weighted by Gasteiger charge is -2.07. The van der Waals surface area contributed by atoms with Crippen LogP contribution in [0.2, 0.25) is 0 Å². The molecule has 0 atom stereocenters. The van der Waals surface area contributed by atoms with Gasteiger partial charge in [-0.3, -0.25) is 4.79 Å². The fourth-order valence-electron chi connectivity index (χ4n) is 1.93. The van der Waals surface area contributed by atoms with Gasteiger partial charge in [-0.25, -0.2) is 4.68 Å². The highest BCUT2D eigenvalue weighted by atomic mass is 79.9. The van der Waals surface area contributed by atoms with Gasteiger partial charge in [-0.2, -0.15) is 0 Å². The van der Waals surface area contributed by atoms with Crippen LogP contribution in [0.1, 0.15) is 34.9 Å². The second-order valence-electron chi connectivity index (χ2n) is 4.12. The standard InChI is InChI=1S/C12H10BrN3O/c13-9-3-1-2-4-11(9)16-12(8-5-6-8)10(7-17)14-15-16/h1-4,7-8H,5-6H2. The third-order valence-electron chi connectivity index (χ3n) is 2.89. The summed E-state index contributed by atoms with van der Waals surface area (Å²) in [4.78, 5) is 11.0. The van der Waals surface area contributed by atoms with Crippen molar-refractivity contribution in [1.82, 2.24) is 15.0 Å². The Kier molecular flexibility index (Phi) is 2.55. The number of para-hydroxylation sites is 1. The first kappa shape index (κ1) is 10.7. The second kappa shape index (κ2) is 4.07. The van der Waals surface area contributed by atoms with Crippen LogP contribution in [0.15, 0.2) is 28.7 Å². The number of benzene rings is 1. The first-order valence-corrected chi connectivity index (χ1v) is 6.26. The Hall–Kier alpha value is -1.49. The predicted octanol–water partition coefficient (Wildman–Crippen LogP) is 2.72. The first-order chi connectivity index (χ1) is 8.31. The van der Waals surface area contributed by atoms with E-state index in [2.05, 4.69) is 26.2 Å². The van der Waals surface area contributed by atoms with E-state index < -0.39 is 0 Å². The van der Waals surface area contributed by atoms with Crippen molar-refractivity contribution in [3.63, 3.8) is 0 Å². The second-order valence-corrected chi connectivity index (χ2v) is 4.97. The van der Waals surface area contributed by atoms with Gasteiger partial charge >= 0.3 is 0 Å². The highest BCUT2D eigenvalue weighted by Gasteiger charge is 2.31. The van der Waals surface area contributed by atoms with Gasteiger partial charge in [-0.15, -0.1) is 5.10 Å². The minimum atomic E-state index is 0.428. The highest BCUT2D eigenvalue weighted by Crippen LogP contribution is 2.42. The number of rotatable bonds is 3. The van der Waals surface area contributed by atoms with Crippen molar-refractivity contribution < 1.29 is 4.79 Å². The van der Waals surface area contributed by atoms with Gasteiger partial charge in [-0.05, 0) is 40.9 Å². The summed E-state index contributed by atoms with van der Waals surface area (Å²) in [5.74, 6) is 0.428. The van der Waals surface area contributed by atoms with Gasteiger partial charge in [0.15, 0.2) is 6.29 Å². The number of carbonyl (C=O) groups excluding carboxylic acids is 1. The van der Waals surface area contributed by atoms with Crippen molar-refractivity contribution in [2.24, 2.45) is 0 Å². The molecule has 0 N–H and O–H groups in total. The predicted molar refractivity (Wildman–Crippen MR) is 66.4 cm³/mol. The zero-order valence-corrected chi connectivity index (χ0v) is 10.6.